The Balaban J connectivity index is 1.08. The number of nitrogens with zero attached hydrogens (tertiary/aromatic N) is 2. The van der Waals surface area contributed by atoms with Crippen LogP contribution in [0.3, 0.4) is 0 Å². The fraction of sp³-hybridized carbons (Fsp3) is 0. The van der Waals surface area contributed by atoms with Crippen LogP contribution in [0.2, 0.25) is 0 Å². The van der Waals surface area contributed by atoms with Crippen LogP contribution in [0, 0.1) is 0 Å². The molecule has 2 heteroatoms. The molecule has 13 aromatic rings. The molecule has 0 aromatic heterocycles. The summed E-state index contributed by atoms with van der Waals surface area (Å²) in [5, 5.41) is 9.86. The van der Waals surface area contributed by atoms with Crippen LogP contribution < -0.4 is 9.80 Å². The smallest absolute Gasteiger partial charge is 0.0462 e. The van der Waals surface area contributed by atoms with Gasteiger partial charge in [-0.1, -0.05) is 200 Å². The molecule has 13 rings (SSSR count). The summed E-state index contributed by atoms with van der Waals surface area (Å²) in [6.07, 6.45) is 0. The average molecular weight is 917 g/mol. The Bertz CT molecular complexity index is 3960. The highest BCUT2D eigenvalue weighted by Crippen LogP contribution is 2.50. The Morgan fingerprint density at radius 2 is 0.583 bits per heavy atom. The van der Waals surface area contributed by atoms with Gasteiger partial charge in [0.2, 0.25) is 0 Å². The molecule has 0 aliphatic heterocycles. The molecule has 2 nitrogen and oxygen atoms in total. The molecule has 0 bridgehead atoms. The van der Waals surface area contributed by atoms with Crippen LogP contribution in [0.25, 0.3) is 87.6 Å². The third kappa shape index (κ3) is 7.73. The second-order valence-electron chi connectivity index (χ2n) is 18.4. The van der Waals surface area contributed by atoms with Crippen molar-refractivity contribution in [2.24, 2.45) is 0 Å². The van der Waals surface area contributed by atoms with Crippen molar-refractivity contribution in [2.75, 3.05) is 9.80 Å². The van der Waals surface area contributed by atoms with Crippen molar-refractivity contribution < 1.29 is 0 Å². The maximum atomic E-state index is 2.46. The van der Waals surface area contributed by atoms with E-state index in [-0.39, 0.29) is 0 Å². The number of fused-ring (bicyclic) bond motifs is 7. The summed E-state index contributed by atoms with van der Waals surface area (Å²) in [5.41, 5.74) is 16.1. The predicted octanol–water partition coefficient (Wildman–Crippen LogP) is 19.9. The van der Waals surface area contributed by atoms with Gasteiger partial charge in [0.25, 0.3) is 0 Å². The topological polar surface area (TPSA) is 6.48 Å². The third-order valence-corrected chi connectivity index (χ3v) is 14.2. The van der Waals surface area contributed by atoms with Crippen molar-refractivity contribution in [1.82, 2.24) is 0 Å². The van der Waals surface area contributed by atoms with Gasteiger partial charge >= 0.3 is 0 Å². The van der Waals surface area contributed by atoms with Crippen LogP contribution in [-0.4, -0.2) is 0 Å². The van der Waals surface area contributed by atoms with E-state index in [0.29, 0.717) is 0 Å². The minimum absolute atomic E-state index is 1.09. The molecule has 0 N–H and O–H groups in total. The van der Waals surface area contributed by atoms with Crippen LogP contribution in [0.15, 0.2) is 291 Å². The van der Waals surface area contributed by atoms with Gasteiger partial charge in [-0.25, -0.2) is 0 Å². The van der Waals surface area contributed by atoms with Crippen molar-refractivity contribution in [1.29, 1.82) is 0 Å². The lowest BCUT2D eigenvalue weighted by molar-refractivity contribution is 1.28. The van der Waals surface area contributed by atoms with Crippen molar-refractivity contribution in [3.63, 3.8) is 0 Å². The minimum Gasteiger partial charge on any atom is -0.311 e. The predicted molar refractivity (Wildman–Crippen MR) is 308 cm³/mol. The van der Waals surface area contributed by atoms with Gasteiger partial charge in [-0.05, 0) is 179 Å². The van der Waals surface area contributed by atoms with Gasteiger partial charge in [-0.3, -0.25) is 0 Å². The molecular formula is C70H48N2. The second kappa shape index (κ2) is 18.4. The number of hydrogen-bond donors (Lipinski definition) is 0. The van der Waals surface area contributed by atoms with Crippen molar-refractivity contribution in [2.45, 2.75) is 0 Å². The van der Waals surface area contributed by atoms with Crippen LogP contribution in [0.4, 0.5) is 34.1 Å². The molecule has 0 heterocycles. The number of anilines is 6. The maximum absolute atomic E-state index is 2.46. The number of rotatable bonds is 10. The van der Waals surface area contributed by atoms with E-state index in [1.54, 1.807) is 0 Å². The van der Waals surface area contributed by atoms with Gasteiger partial charge in [0.05, 0.1) is 0 Å². The maximum Gasteiger partial charge on any atom is 0.0462 e. The molecule has 0 aliphatic carbocycles. The highest BCUT2D eigenvalue weighted by atomic mass is 15.1. The summed E-state index contributed by atoms with van der Waals surface area (Å²) >= 11 is 0. The summed E-state index contributed by atoms with van der Waals surface area (Å²) in [6.45, 7) is 0. The molecule has 0 aliphatic rings. The zero-order valence-electron chi connectivity index (χ0n) is 39.6. The number of para-hydroxylation sites is 4. The van der Waals surface area contributed by atoms with Crippen molar-refractivity contribution in [3.8, 4) is 44.5 Å². The van der Waals surface area contributed by atoms with E-state index in [1.165, 1.54) is 76.5 Å². The lowest BCUT2D eigenvalue weighted by Gasteiger charge is -2.26. The zero-order chi connectivity index (χ0) is 47.8. The van der Waals surface area contributed by atoms with Crippen molar-refractivity contribution >= 4 is 77.2 Å². The summed E-state index contributed by atoms with van der Waals surface area (Å²) in [7, 11) is 0. The van der Waals surface area contributed by atoms with E-state index in [4.69, 9.17) is 0 Å². The Labute approximate surface area is 420 Å². The van der Waals surface area contributed by atoms with Crippen LogP contribution in [0.5, 0.6) is 0 Å². The molecule has 0 fully saturated rings. The molecule has 0 saturated carbocycles. The Morgan fingerprint density at radius 3 is 1.14 bits per heavy atom. The zero-order valence-corrected chi connectivity index (χ0v) is 39.6. The van der Waals surface area contributed by atoms with Gasteiger partial charge in [-0.2, -0.15) is 0 Å². The Morgan fingerprint density at radius 1 is 0.194 bits per heavy atom. The van der Waals surface area contributed by atoms with Gasteiger partial charge in [0, 0.05) is 34.1 Å². The van der Waals surface area contributed by atoms with E-state index in [9.17, 15) is 0 Å². The summed E-state index contributed by atoms with van der Waals surface area (Å²) in [6, 6.07) is 106. The van der Waals surface area contributed by atoms with Gasteiger partial charge in [-0.15, -0.1) is 0 Å². The summed E-state index contributed by atoms with van der Waals surface area (Å²) < 4.78 is 0. The second-order valence-corrected chi connectivity index (χ2v) is 18.4. The molecule has 0 amide bonds. The lowest BCUT2D eigenvalue weighted by Crippen LogP contribution is -2.09. The van der Waals surface area contributed by atoms with E-state index < -0.39 is 0 Å². The molecule has 0 atom stereocenters. The van der Waals surface area contributed by atoms with E-state index in [0.717, 1.165) is 45.3 Å². The average Bonchev–Trinajstić information content (AvgIpc) is 3.46. The summed E-state index contributed by atoms with van der Waals surface area (Å²) in [5.74, 6) is 0. The fourth-order valence-corrected chi connectivity index (χ4v) is 10.8. The molecular weight excluding hydrogens is 869 g/mol. The number of benzene rings is 13. The van der Waals surface area contributed by atoms with Gasteiger partial charge in [0.15, 0.2) is 0 Å². The first-order valence-corrected chi connectivity index (χ1v) is 24.7. The molecule has 0 unspecified atom stereocenters. The molecule has 0 spiro atoms. The highest BCUT2D eigenvalue weighted by Gasteiger charge is 2.23. The monoisotopic (exact) mass is 916 g/mol. The highest BCUT2D eigenvalue weighted by molar-refractivity contribution is 6.33. The van der Waals surface area contributed by atoms with Crippen LogP contribution in [-0.2, 0) is 0 Å². The van der Waals surface area contributed by atoms with Gasteiger partial charge in [0.1, 0.15) is 0 Å². The molecule has 338 valence electrons. The molecule has 0 radical (unpaired) electrons. The molecule has 0 saturated heterocycles. The Kier molecular flexibility index (Phi) is 10.9. The Hall–Kier alpha value is -9.50. The van der Waals surface area contributed by atoms with E-state index >= 15 is 0 Å². The molecule has 13 aromatic carbocycles. The van der Waals surface area contributed by atoms with E-state index in [2.05, 4.69) is 301 Å². The third-order valence-electron chi connectivity index (χ3n) is 14.2. The SMILES string of the molecule is c1ccc(-c2cc(-c3ccc(N(c4ccccc4)c4ccccc4)cc3)c3c4ccccc4c4cc(-c5ccc6ccccc6c5)ccc4c3c2-c2ccc(N(c3ccccc3)c3ccccc3)cc2)cc1. The number of hydrogen-bond acceptors (Lipinski definition) is 2. The van der Waals surface area contributed by atoms with Crippen LogP contribution >= 0.6 is 0 Å². The van der Waals surface area contributed by atoms with Gasteiger partial charge < -0.3 is 9.80 Å². The fourth-order valence-electron chi connectivity index (χ4n) is 10.8. The lowest BCUT2D eigenvalue weighted by atomic mass is 9.81. The largest absolute Gasteiger partial charge is 0.311 e. The quantitative estimate of drug-likeness (QED) is 0.126. The first-order valence-electron chi connectivity index (χ1n) is 24.7. The summed E-state index contributed by atoms with van der Waals surface area (Å²) in [4.78, 5) is 4.66. The first-order chi connectivity index (χ1) is 35.7. The minimum atomic E-state index is 1.09. The van der Waals surface area contributed by atoms with Crippen LogP contribution in [0.1, 0.15) is 0 Å². The van der Waals surface area contributed by atoms with Crippen molar-refractivity contribution in [3.05, 3.63) is 291 Å². The first kappa shape index (κ1) is 42.6. The standard InChI is InChI=1S/C70H48N2/c1-6-21-50(22-7-1)65-48-66(51-36-41-60(42-37-51)71(56-24-8-2-9-25-56)57-26-10-3-11-27-57)69-63-33-19-18-32-62(63)67-47-55(54-35-34-49-20-16-17-23-53(49)46-54)40-45-64(67)70(69)68(65)52-38-43-61(44-39-52)72(58-28-12-4-13-29-58)59-30-14-5-15-31-59/h1-48H. The molecule has 72 heavy (non-hydrogen) atoms. The van der Waals surface area contributed by atoms with E-state index in [1.807, 2.05) is 0 Å². The normalized spacial score (nSPS) is 11.3.